The molecule has 0 amide bonds. The van der Waals surface area contributed by atoms with Gasteiger partial charge in [0.15, 0.2) is 0 Å². The summed E-state index contributed by atoms with van der Waals surface area (Å²) in [5.74, 6) is 0.544. The fourth-order valence-corrected chi connectivity index (χ4v) is 3.05. The second kappa shape index (κ2) is 6.32. The highest BCUT2D eigenvalue weighted by Gasteiger charge is 2.12. The Morgan fingerprint density at radius 3 is 2.52 bits per heavy atom. The van der Waals surface area contributed by atoms with Gasteiger partial charge in [-0.2, -0.15) is 0 Å². The second-order valence-electron chi connectivity index (χ2n) is 5.87. The Morgan fingerprint density at radius 1 is 0.800 bits per heavy atom. The maximum absolute atomic E-state index is 5.86. The lowest BCUT2D eigenvalue weighted by molar-refractivity contribution is 1.05. The third kappa shape index (κ3) is 2.83. The van der Waals surface area contributed by atoms with E-state index in [0.29, 0.717) is 5.82 Å². The van der Waals surface area contributed by atoms with Crippen molar-refractivity contribution in [2.24, 2.45) is 0 Å². The Kier molecular flexibility index (Phi) is 3.86. The highest BCUT2D eigenvalue weighted by atomic mass is 14.8. The van der Waals surface area contributed by atoms with Crippen molar-refractivity contribution in [2.75, 3.05) is 5.73 Å². The number of nitrogens with two attached hydrogens (primary N) is 1. The number of rotatable bonds is 3. The Balaban J connectivity index is 1.96. The van der Waals surface area contributed by atoms with Gasteiger partial charge in [-0.1, -0.05) is 37.3 Å². The third-order valence-corrected chi connectivity index (χ3v) is 4.27. The lowest BCUT2D eigenvalue weighted by Crippen LogP contribution is -1.98. The molecule has 4 rings (SSSR count). The lowest BCUT2D eigenvalue weighted by Gasteiger charge is -2.11. The van der Waals surface area contributed by atoms with E-state index >= 15 is 0 Å². The van der Waals surface area contributed by atoms with E-state index < -0.39 is 0 Å². The largest absolute Gasteiger partial charge is 0.384 e. The van der Waals surface area contributed by atoms with Crippen molar-refractivity contribution in [2.45, 2.75) is 13.3 Å². The molecule has 0 aliphatic rings. The van der Waals surface area contributed by atoms with Crippen LogP contribution in [-0.4, -0.2) is 15.0 Å². The van der Waals surface area contributed by atoms with Crippen LogP contribution in [0.2, 0.25) is 0 Å². The van der Waals surface area contributed by atoms with E-state index in [4.69, 9.17) is 10.7 Å². The molecule has 0 unspecified atom stereocenters. The van der Waals surface area contributed by atoms with Crippen LogP contribution in [0.5, 0.6) is 0 Å². The Labute approximate surface area is 146 Å². The van der Waals surface area contributed by atoms with E-state index in [1.165, 1.54) is 0 Å². The molecule has 25 heavy (non-hydrogen) atoms. The zero-order valence-corrected chi connectivity index (χ0v) is 14.0. The van der Waals surface area contributed by atoms with Gasteiger partial charge in [0.1, 0.15) is 5.82 Å². The summed E-state index contributed by atoms with van der Waals surface area (Å²) in [6.45, 7) is 2.09. The Morgan fingerprint density at radius 2 is 1.72 bits per heavy atom. The van der Waals surface area contributed by atoms with E-state index in [9.17, 15) is 0 Å². The first kappa shape index (κ1) is 15.3. The third-order valence-electron chi connectivity index (χ3n) is 4.27. The number of aromatic nitrogens is 3. The van der Waals surface area contributed by atoms with Crippen LogP contribution >= 0.6 is 0 Å². The van der Waals surface area contributed by atoms with Crippen LogP contribution < -0.4 is 5.73 Å². The quantitative estimate of drug-likeness (QED) is 0.602. The van der Waals surface area contributed by atoms with Gasteiger partial charge in [-0.15, -0.1) is 0 Å². The van der Waals surface area contributed by atoms with Gasteiger partial charge < -0.3 is 5.73 Å². The van der Waals surface area contributed by atoms with Crippen molar-refractivity contribution in [3.05, 3.63) is 72.6 Å². The number of nitrogen functional groups attached to an aromatic ring is 1. The van der Waals surface area contributed by atoms with E-state index in [1.807, 2.05) is 36.4 Å². The smallest absolute Gasteiger partial charge is 0.123 e. The number of fused-ring (bicyclic) bond motifs is 1. The molecule has 2 N–H and O–H groups in total. The summed E-state index contributed by atoms with van der Waals surface area (Å²) < 4.78 is 0. The van der Waals surface area contributed by atoms with Crippen LogP contribution in [0.3, 0.4) is 0 Å². The number of hydrogen-bond acceptors (Lipinski definition) is 4. The molecular weight excluding hydrogens is 308 g/mol. The van der Waals surface area contributed by atoms with Crippen molar-refractivity contribution in [3.63, 3.8) is 0 Å². The first-order valence-corrected chi connectivity index (χ1v) is 8.33. The van der Waals surface area contributed by atoms with Crippen molar-refractivity contribution in [1.29, 1.82) is 0 Å². The molecular formula is C21H18N4. The van der Waals surface area contributed by atoms with Gasteiger partial charge >= 0.3 is 0 Å². The molecule has 122 valence electrons. The molecule has 0 spiro atoms. The first-order chi connectivity index (χ1) is 12.3. The van der Waals surface area contributed by atoms with E-state index in [2.05, 4.69) is 41.2 Å². The number of hydrogen-bond donors (Lipinski definition) is 1. The van der Waals surface area contributed by atoms with Crippen molar-refractivity contribution >= 4 is 16.7 Å². The average Bonchev–Trinajstić information content (AvgIpc) is 2.68. The summed E-state index contributed by atoms with van der Waals surface area (Å²) in [7, 11) is 0. The molecule has 4 nitrogen and oxygen atoms in total. The highest BCUT2D eigenvalue weighted by Crippen LogP contribution is 2.31. The average molecular weight is 326 g/mol. The number of para-hydroxylation sites is 1. The predicted octanol–water partition coefficient (Wildman–Crippen LogP) is 4.50. The van der Waals surface area contributed by atoms with Crippen LogP contribution in [0.4, 0.5) is 5.82 Å². The SMILES string of the molecule is CCc1nc(N)ccc1-c1cccc2ccc(-c3ccccn3)nc12. The van der Waals surface area contributed by atoms with Crippen molar-refractivity contribution < 1.29 is 0 Å². The maximum Gasteiger partial charge on any atom is 0.123 e. The molecule has 0 fully saturated rings. The molecule has 3 aromatic heterocycles. The molecule has 0 aliphatic carbocycles. The fraction of sp³-hybridized carbons (Fsp3) is 0.0952. The molecule has 1 aromatic carbocycles. The summed E-state index contributed by atoms with van der Waals surface area (Å²) in [6, 6.07) is 20.0. The number of anilines is 1. The highest BCUT2D eigenvalue weighted by molar-refractivity contribution is 5.95. The fourth-order valence-electron chi connectivity index (χ4n) is 3.05. The molecule has 0 saturated heterocycles. The minimum Gasteiger partial charge on any atom is -0.384 e. The number of aryl methyl sites for hydroxylation is 1. The van der Waals surface area contributed by atoms with Gasteiger partial charge in [-0.05, 0) is 36.8 Å². The summed E-state index contributed by atoms with van der Waals surface area (Å²) in [5, 5.41) is 1.09. The molecule has 0 saturated carbocycles. The lowest BCUT2D eigenvalue weighted by atomic mass is 9.99. The molecule has 0 aliphatic heterocycles. The summed E-state index contributed by atoms with van der Waals surface area (Å²) >= 11 is 0. The van der Waals surface area contributed by atoms with Gasteiger partial charge in [0.2, 0.25) is 0 Å². The van der Waals surface area contributed by atoms with E-state index in [0.717, 1.165) is 45.5 Å². The minimum absolute atomic E-state index is 0.544. The number of nitrogens with zero attached hydrogens (tertiary/aromatic N) is 3. The normalized spacial score (nSPS) is 10.9. The van der Waals surface area contributed by atoms with E-state index in [1.54, 1.807) is 6.20 Å². The standard InChI is InChI=1S/C21H18N4/c1-2-17-15(10-12-20(22)24-17)16-7-5-6-14-9-11-19(25-21(14)16)18-8-3-4-13-23-18/h3-13H,2H2,1H3,(H2,22,24). The topological polar surface area (TPSA) is 64.7 Å². The molecule has 4 heteroatoms. The molecule has 3 heterocycles. The van der Waals surface area contributed by atoms with E-state index in [-0.39, 0.29) is 0 Å². The number of benzene rings is 1. The predicted molar refractivity (Wildman–Crippen MR) is 102 cm³/mol. The van der Waals surface area contributed by atoms with Crippen LogP contribution in [0, 0.1) is 0 Å². The molecule has 0 bridgehead atoms. The summed E-state index contributed by atoms with van der Waals surface area (Å²) in [5.41, 5.74) is 11.7. The van der Waals surface area contributed by atoms with Crippen LogP contribution in [-0.2, 0) is 6.42 Å². The summed E-state index contributed by atoms with van der Waals surface area (Å²) in [4.78, 5) is 13.8. The van der Waals surface area contributed by atoms with Crippen molar-refractivity contribution in [3.8, 4) is 22.5 Å². The zero-order chi connectivity index (χ0) is 17.2. The molecule has 0 radical (unpaired) electrons. The van der Waals surface area contributed by atoms with Gasteiger partial charge in [0.25, 0.3) is 0 Å². The van der Waals surface area contributed by atoms with Crippen LogP contribution in [0.25, 0.3) is 33.4 Å². The van der Waals surface area contributed by atoms with Crippen LogP contribution in [0.15, 0.2) is 66.9 Å². The van der Waals surface area contributed by atoms with Gasteiger partial charge in [-0.3, -0.25) is 4.98 Å². The molecule has 4 aromatic rings. The minimum atomic E-state index is 0.544. The van der Waals surface area contributed by atoms with Crippen LogP contribution in [0.1, 0.15) is 12.6 Å². The monoisotopic (exact) mass is 326 g/mol. The zero-order valence-electron chi connectivity index (χ0n) is 14.0. The number of pyridine rings is 3. The summed E-state index contributed by atoms with van der Waals surface area (Å²) in [6.07, 6.45) is 2.60. The Hall–Kier alpha value is -3.27. The molecule has 0 atom stereocenters. The maximum atomic E-state index is 5.86. The van der Waals surface area contributed by atoms with Gasteiger partial charge in [-0.25, -0.2) is 9.97 Å². The van der Waals surface area contributed by atoms with Gasteiger partial charge in [0.05, 0.1) is 22.6 Å². The second-order valence-corrected chi connectivity index (χ2v) is 5.87. The Bertz CT molecular complexity index is 1040. The van der Waals surface area contributed by atoms with Crippen molar-refractivity contribution in [1.82, 2.24) is 15.0 Å². The first-order valence-electron chi connectivity index (χ1n) is 8.33. The van der Waals surface area contributed by atoms with Gasteiger partial charge in [0, 0.05) is 22.7 Å².